The van der Waals surface area contributed by atoms with Crippen LogP contribution in [-0.4, -0.2) is 68.5 Å². The Bertz CT molecular complexity index is 1310. The lowest BCUT2D eigenvalue weighted by Gasteiger charge is -2.50. The van der Waals surface area contributed by atoms with Crippen molar-refractivity contribution in [2.45, 2.75) is 31.4 Å². The van der Waals surface area contributed by atoms with Gasteiger partial charge in [0.15, 0.2) is 11.4 Å². The number of phenols is 1. The first-order valence-corrected chi connectivity index (χ1v) is 12.3. The fourth-order valence-corrected chi connectivity index (χ4v) is 6.18. The molecular formula is C26H28N2O7S. The third-order valence-electron chi connectivity index (χ3n) is 7.12. The first-order chi connectivity index (χ1) is 16.9. The first-order valence-electron chi connectivity index (χ1n) is 11.4. The van der Waals surface area contributed by atoms with Gasteiger partial charge in [-0.3, -0.25) is 19.3 Å². The molecule has 1 aromatic heterocycles. The molecule has 0 spiro atoms. The van der Waals surface area contributed by atoms with Gasteiger partial charge in [0.25, 0.3) is 5.91 Å². The van der Waals surface area contributed by atoms with Gasteiger partial charge < -0.3 is 26.2 Å². The standard InChI is InChI=1S/C21H22N2O7.C5H6S/c1-23(2)15-10-7-9-6-8-4-3-5-11(24)12(8)16(25)13(9)18(27)21(10,30)19(28)14(17(15)26)20(22)29;1-5-2-3-6-4-5/h3-5,9-10,15,24-25,28,30H,6-7H2,1-2H3,(H2,22,29);2-4H,1H3/t9-,10-,15-,21-;/m0./s1. The smallest absolute Gasteiger partial charge is 0.255 e. The van der Waals surface area contributed by atoms with E-state index >= 15 is 0 Å². The number of carbonyl (C=O) groups is 3. The first kappa shape index (κ1) is 25.6. The second-order valence-corrected chi connectivity index (χ2v) is 10.4. The van der Waals surface area contributed by atoms with Crippen LogP contribution in [0.25, 0.3) is 5.76 Å². The maximum Gasteiger partial charge on any atom is 0.255 e. The van der Waals surface area contributed by atoms with Gasteiger partial charge in [-0.2, -0.15) is 11.3 Å². The lowest BCUT2D eigenvalue weighted by molar-refractivity contribution is -0.153. The number of ketones is 2. The summed E-state index contributed by atoms with van der Waals surface area (Å²) in [6.07, 6.45) is 0.379. The highest BCUT2D eigenvalue weighted by Crippen LogP contribution is 2.52. The van der Waals surface area contributed by atoms with E-state index in [9.17, 15) is 34.8 Å². The molecule has 0 unspecified atom stereocenters. The molecule has 5 rings (SSSR count). The zero-order chi connectivity index (χ0) is 26.5. The molecule has 0 radical (unpaired) electrons. The minimum Gasteiger partial charge on any atom is -0.508 e. The highest BCUT2D eigenvalue weighted by molar-refractivity contribution is 7.07. The molecule has 9 nitrogen and oxygen atoms in total. The molecule has 1 saturated carbocycles. The van der Waals surface area contributed by atoms with Crippen LogP contribution in [0.4, 0.5) is 0 Å². The number of rotatable bonds is 2. The number of primary amides is 1. The van der Waals surface area contributed by atoms with Crippen LogP contribution < -0.4 is 5.73 Å². The maximum absolute atomic E-state index is 13.5. The summed E-state index contributed by atoms with van der Waals surface area (Å²) in [7, 11) is 3.12. The van der Waals surface area contributed by atoms with Crippen LogP contribution in [0.2, 0.25) is 0 Å². The predicted molar refractivity (Wildman–Crippen MR) is 133 cm³/mol. The van der Waals surface area contributed by atoms with Crippen molar-refractivity contribution in [1.82, 2.24) is 4.90 Å². The Morgan fingerprint density at radius 3 is 2.39 bits per heavy atom. The molecule has 190 valence electrons. The normalized spacial score (nSPS) is 27.2. The van der Waals surface area contributed by atoms with E-state index in [1.165, 1.54) is 16.5 Å². The van der Waals surface area contributed by atoms with Crippen LogP contribution in [0.15, 0.2) is 51.9 Å². The van der Waals surface area contributed by atoms with Gasteiger partial charge in [-0.05, 0) is 73.8 Å². The zero-order valence-electron chi connectivity index (χ0n) is 20.1. The molecular weight excluding hydrogens is 484 g/mol. The summed E-state index contributed by atoms with van der Waals surface area (Å²) >= 11 is 1.74. The fraction of sp³-hybridized carbons (Fsp3) is 0.346. The molecule has 4 atom stereocenters. The van der Waals surface area contributed by atoms with Crippen molar-refractivity contribution >= 4 is 34.6 Å². The summed E-state index contributed by atoms with van der Waals surface area (Å²) in [6.45, 7) is 2.09. The second-order valence-electron chi connectivity index (χ2n) is 9.57. The lowest BCUT2D eigenvalue weighted by Crippen LogP contribution is -2.65. The molecule has 6 N–H and O–H groups in total. The Kier molecular flexibility index (Phi) is 6.54. The number of nitrogens with zero attached hydrogens (tertiary/aromatic N) is 1. The number of thiophene rings is 1. The number of aromatic hydroxyl groups is 1. The summed E-state index contributed by atoms with van der Waals surface area (Å²) < 4.78 is 0. The quantitative estimate of drug-likeness (QED) is 0.382. The van der Waals surface area contributed by atoms with Gasteiger partial charge in [0.1, 0.15) is 22.8 Å². The number of phenolic OH excluding ortho intramolecular Hbond substituents is 1. The van der Waals surface area contributed by atoms with Crippen molar-refractivity contribution in [1.29, 1.82) is 0 Å². The molecule has 1 fully saturated rings. The van der Waals surface area contributed by atoms with Crippen molar-refractivity contribution in [2.24, 2.45) is 17.6 Å². The monoisotopic (exact) mass is 512 g/mol. The Morgan fingerprint density at radius 1 is 1.17 bits per heavy atom. The van der Waals surface area contributed by atoms with Crippen molar-refractivity contribution in [3.8, 4) is 5.75 Å². The van der Waals surface area contributed by atoms with Crippen molar-refractivity contribution in [3.63, 3.8) is 0 Å². The Labute approximate surface area is 211 Å². The molecule has 3 aliphatic rings. The van der Waals surface area contributed by atoms with Crippen LogP contribution in [0.5, 0.6) is 5.75 Å². The summed E-state index contributed by atoms with van der Waals surface area (Å²) in [6, 6.07) is 5.72. The van der Waals surface area contributed by atoms with Gasteiger partial charge in [0.05, 0.1) is 11.6 Å². The third kappa shape index (κ3) is 3.82. The Hall–Kier alpha value is -3.47. The molecule has 10 heteroatoms. The summed E-state index contributed by atoms with van der Waals surface area (Å²) in [4.78, 5) is 39.7. The van der Waals surface area contributed by atoms with Crippen LogP contribution in [0, 0.1) is 18.8 Å². The highest BCUT2D eigenvalue weighted by atomic mass is 32.1. The molecule has 1 aromatic carbocycles. The minimum atomic E-state index is -2.60. The van der Waals surface area contributed by atoms with E-state index in [4.69, 9.17) is 5.73 Å². The molecule has 3 aliphatic carbocycles. The SMILES string of the molecule is CN(C)[C@@H]1C(=O)C(C(N)=O)=C(O)[C@@]2(O)C(=O)C3=C(O)c4c(O)cccc4C[C@H]3C[C@@H]12.Cc1ccsc1. The van der Waals surface area contributed by atoms with Gasteiger partial charge in [-0.1, -0.05) is 12.1 Å². The Morgan fingerprint density at radius 2 is 1.86 bits per heavy atom. The maximum atomic E-state index is 13.5. The van der Waals surface area contributed by atoms with Crippen LogP contribution in [-0.2, 0) is 20.8 Å². The second kappa shape index (κ2) is 9.20. The number of hydrogen-bond donors (Lipinski definition) is 5. The van der Waals surface area contributed by atoms with Gasteiger partial charge >= 0.3 is 0 Å². The van der Waals surface area contributed by atoms with Crippen LogP contribution in [0.3, 0.4) is 0 Å². The zero-order valence-corrected chi connectivity index (χ0v) is 20.9. The van der Waals surface area contributed by atoms with E-state index in [1.807, 2.05) is 0 Å². The molecule has 0 saturated heterocycles. The molecule has 1 heterocycles. The van der Waals surface area contributed by atoms with Crippen molar-refractivity contribution < 1.29 is 34.8 Å². The number of carbonyl (C=O) groups excluding carboxylic acids is 3. The van der Waals surface area contributed by atoms with E-state index in [2.05, 4.69) is 23.8 Å². The van der Waals surface area contributed by atoms with Gasteiger partial charge in [0.2, 0.25) is 5.78 Å². The fourth-order valence-electron chi connectivity index (χ4n) is 5.51. The number of nitrogens with two attached hydrogens (primary N) is 1. The van der Waals surface area contributed by atoms with E-state index < -0.39 is 58.0 Å². The number of fused-ring (bicyclic) bond motifs is 3. The summed E-state index contributed by atoms with van der Waals surface area (Å²) in [5, 5.41) is 47.3. The van der Waals surface area contributed by atoms with E-state index in [1.54, 1.807) is 37.6 Å². The number of aliphatic hydroxyl groups is 3. The average molecular weight is 513 g/mol. The molecule has 2 aromatic rings. The topological polar surface area (TPSA) is 161 Å². The number of hydrogen-bond acceptors (Lipinski definition) is 9. The van der Waals surface area contributed by atoms with E-state index in [-0.39, 0.29) is 23.3 Å². The van der Waals surface area contributed by atoms with Gasteiger partial charge in [-0.25, -0.2) is 0 Å². The molecule has 0 bridgehead atoms. The van der Waals surface area contributed by atoms with Crippen molar-refractivity contribution in [2.75, 3.05) is 14.1 Å². The number of benzene rings is 1. The largest absolute Gasteiger partial charge is 0.508 e. The van der Waals surface area contributed by atoms with Crippen LogP contribution >= 0.6 is 11.3 Å². The highest BCUT2D eigenvalue weighted by Gasteiger charge is 2.64. The molecule has 1 amide bonds. The van der Waals surface area contributed by atoms with Gasteiger partial charge in [-0.15, -0.1) is 0 Å². The molecule has 0 aliphatic heterocycles. The van der Waals surface area contributed by atoms with E-state index in [0.717, 1.165) is 0 Å². The average Bonchev–Trinajstić information content (AvgIpc) is 3.27. The number of aryl methyl sites for hydroxylation is 1. The summed E-state index contributed by atoms with van der Waals surface area (Å²) in [5.41, 5.74) is 3.77. The molecule has 36 heavy (non-hydrogen) atoms. The lowest BCUT2D eigenvalue weighted by atomic mass is 9.57. The Balaban J connectivity index is 0.000000445. The van der Waals surface area contributed by atoms with Crippen molar-refractivity contribution in [3.05, 3.63) is 68.6 Å². The van der Waals surface area contributed by atoms with Gasteiger partial charge in [0, 0.05) is 11.5 Å². The predicted octanol–water partition coefficient (Wildman–Crippen LogP) is 2.02. The summed E-state index contributed by atoms with van der Waals surface area (Å²) in [5.74, 6) is -6.43. The minimum absolute atomic E-state index is 0.0847. The number of Topliss-reactive ketones (excluding diaryl/α,β-unsaturated/α-hetero) is 2. The number of likely N-dealkylation sites (N-methyl/N-ethyl adjacent to an activating group) is 1. The number of aliphatic hydroxyl groups excluding tert-OH is 2. The van der Waals surface area contributed by atoms with Crippen LogP contribution in [0.1, 0.15) is 23.1 Å². The number of amides is 1. The third-order valence-corrected chi connectivity index (χ3v) is 7.92. The van der Waals surface area contributed by atoms with E-state index in [0.29, 0.717) is 12.0 Å².